The smallest absolute Gasteiger partial charge is 0.0146 e. The van der Waals surface area contributed by atoms with Crippen molar-refractivity contribution in [2.45, 2.75) is 38.5 Å². The standard InChI is InChI=1S/C24H24/c1-23(2,19-12-7-5-8-13-19)21-16-11-17-22(18-21)24(3,4)20-14-9-6-10-15-20/h7-18H,1-4H3. The molecule has 0 unspecified atom stereocenters. The SMILES string of the molecule is CC(C)(c1cc[c]cc1)c1cccc(C(C)(C)c2cc[c]cc2)c1. The van der Waals surface area contributed by atoms with Crippen molar-refractivity contribution in [3.63, 3.8) is 0 Å². The molecule has 0 amide bonds. The topological polar surface area (TPSA) is 0 Å². The quantitative estimate of drug-likeness (QED) is 0.559. The zero-order valence-electron chi connectivity index (χ0n) is 14.9. The highest BCUT2D eigenvalue weighted by Gasteiger charge is 2.27. The molecule has 0 aliphatic heterocycles. The molecule has 0 saturated carbocycles. The fourth-order valence-electron chi connectivity index (χ4n) is 3.24. The van der Waals surface area contributed by atoms with Crippen LogP contribution < -0.4 is 0 Å². The molecule has 0 aliphatic carbocycles. The third-order valence-corrected chi connectivity index (χ3v) is 5.19. The number of hydrogen-bond donors (Lipinski definition) is 0. The lowest BCUT2D eigenvalue weighted by Crippen LogP contribution is -2.22. The van der Waals surface area contributed by atoms with Gasteiger partial charge in [0, 0.05) is 10.8 Å². The fourth-order valence-corrected chi connectivity index (χ4v) is 3.24. The summed E-state index contributed by atoms with van der Waals surface area (Å²) in [6, 6.07) is 31.8. The number of benzene rings is 3. The second-order valence-electron chi connectivity index (χ2n) is 7.41. The van der Waals surface area contributed by atoms with Gasteiger partial charge in [0.15, 0.2) is 0 Å². The van der Waals surface area contributed by atoms with E-state index in [1.165, 1.54) is 22.3 Å². The lowest BCUT2D eigenvalue weighted by atomic mass is 9.73. The summed E-state index contributed by atoms with van der Waals surface area (Å²) in [7, 11) is 0. The maximum Gasteiger partial charge on any atom is 0.0146 e. The summed E-state index contributed by atoms with van der Waals surface area (Å²) in [5.41, 5.74) is 5.22. The first-order valence-corrected chi connectivity index (χ1v) is 8.46. The van der Waals surface area contributed by atoms with Crippen molar-refractivity contribution in [3.05, 3.63) is 107 Å². The zero-order chi connectivity index (χ0) is 17.2. The molecular formula is C24H24. The van der Waals surface area contributed by atoms with Crippen LogP contribution in [0, 0.1) is 12.1 Å². The Morgan fingerprint density at radius 3 is 1.29 bits per heavy atom. The molecule has 0 atom stereocenters. The van der Waals surface area contributed by atoms with E-state index in [-0.39, 0.29) is 10.8 Å². The maximum absolute atomic E-state index is 3.11. The van der Waals surface area contributed by atoms with Gasteiger partial charge >= 0.3 is 0 Å². The van der Waals surface area contributed by atoms with Crippen molar-refractivity contribution in [1.29, 1.82) is 0 Å². The second-order valence-corrected chi connectivity index (χ2v) is 7.41. The van der Waals surface area contributed by atoms with Crippen LogP contribution in [0.4, 0.5) is 0 Å². The summed E-state index contributed by atoms with van der Waals surface area (Å²) in [5, 5.41) is 0. The molecule has 0 aliphatic rings. The predicted octanol–water partition coefficient (Wildman–Crippen LogP) is 5.94. The van der Waals surface area contributed by atoms with Crippen LogP contribution in [0.2, 0.25) is 0 Å². The predicted molar refractivity (Wildman–Crippen MR) is 101 cm³/mol. The first kappa shape index (κ1) is 16.5. The molecule has 120 valence electrons. The average molecular weight is 312 g/mol. The molecule has 3 aromatic rings. The average Bonchev–Trinajstić information content (AvgIpc) is 2.63. The van der Waals surface area contributed by atoms with E-state index in [9.17, 15) is 0 Å². The third-order valence-electron chi connectivity index (χ3n) is 5.19. The van der Waals surface area contributed by atoms with Crippen LogP contribution in [0.1, 0.15) is 49.9 Å². The van der Waals surface area contributed by atoms with Crippen molar-refractivity contribution < 1.29 is 0 Å². The number of hydrogen-bond acceptors (Lipinski definition) is 0. The highest BCUT2D eigenvalue weighted by molar-refractivity contribution is 5.44. The molecule has 0 nitrogen and oxygen atoms in total. The minimum atomic E-state index is -0.0361. The van der Waals surface area contributed by atoms with Crippen LogP contribution in [0.15, 0.2) is 72.8 Å². The summed E-state index contributed by atoms with van der Waals surface area (Å²) in [4.78, 5) is 0. The van der Waals surface area contributed by atoms with E-state index in [0.29, 0.717) is 0 Å². The Hall–Kier alpha value is -2.34. The largest absolute Gasteiger partial charge is 0.0617 e. The molecule has 0 N–H and O–H groups in total. The van der Waals surface area contributed by atoms with Crippen LogP contribution >= 0.6 is 0 Å². The lowest BCUT2D eigenvalue weighted by Gasteiger charge is -2.30. The van der Waals surface area contributed by atoms with Gasteiger partial charge in [0.05, 0.1) is 0 Å². The van der Waals surface area contributed by atoms with Crippen LogP contribution in [-0.4, -0.2) is 0 Å². The molecule has 0 heteroatoms. The Balaban J connectivity index is 2.04. The highest BCUT2D eigenvalue weighted by Crippen LogP contribution is 2.36. The molecule has 0 saturated heterocycles. The van der Waals surface area contributed by atoms with Crippen LogP contribution in [0.3, 0.4) is 0 Å². The Kier molecular flexibility index (Phi) is 4.32. The van der Waals surface area contributed by atoms with E-state index >= 15 is 0 Å². The second kappa shape index (κ2) is 6.28. The van der Waals surface area contributed by atoms with Crippen LogP contribution in [0.5, 0.6) is 0 Å². The maximum atomic E-state index is 3.11. The van der Waals surface area contributed by atoms with E-state index in [1.807, 2.05) is 24.3 Å². The van der Waals surface area contributed by atoms with E-state index < -0.39 is 0 Å². The van der Waals surface area contributed by atoms with Crippen LogP contribution in [-0.2, 0) is 10.8 Å². The summed E-state index contributed by atoms with van der Waals surface area (Å²) in [6.07, 6.45) is 0. The molecule has 0 fully saturated rings. The Morgan fingerprint density at radius 1 is 0.542 bits per heavy atom. The summed E-state index contributed by atoms with van der Waals surface area (Å²) < 4.78 is 0. The third kappa shape index (κ3) is 3.01. The molecule has 2 radical (unpaired) electrons. The molecule has 3 rings (SSSR count). The van der Waals surface area contributed by atoms with Gasteiger partial charge in [-0.1, -0.05) is 100 Å². The molecular weight excluding hydrogens is 288 g/mol. The van der Waals surface area contributed by atoms with Gasteiger partial charge in [-0.3, -0.25) is 0 Å². The fraction of sp³-hybridized carbons (Fsp3) is 0.250. The van der Waals surface area contributed by atoms with Gasteiger partial charge in [0.25, 0.3) is 0 Å². The van der Waals surface area contributed by atoms with Gasteiger partial charge in [-0.2, -0.15) is 0 Å². The van der Waals surface area contributed by atoms with Crippen molar-refractivity contribution in [2.75, 3.05) is 0 Å². The Bertz CT molecular complexity index is 729. The minimum Gasteiger partial charge on any atom is -0.0617 e. The molecule has 0 bridgehead atoms. The molecule has 0 aromatic heterocycles. The van der Waals surface area contributed by atoms with E-state index in [0.717, 1.165) is 0 Å². The van der Waals surface area contributed by atoms with Gasteiger partial charge in [0.1, 0.15) is 0 Å². The normalized spacial score (nSPS) is 12.2. The zero-order valence-corrected chi connectivity index (χ0v) is 14.9. The molecule has 3 aromatic carbocycles. The monoisotopic (exact) mass is 312 g/mol. The number of rotatable bonds is 4. The minimum absolute atomic E-state index is 0.0361. The summed E-state index contributed by atoms with van der Waals surface area (Å²) in [6.45, 7) is 9.13. The van der Waals surface area contributed by atoms with Crippen molar-refractivity contribution in [1.82, 2.24) is 0 Å². The van der Waals surface area contributed by atoms with E-state index in [1.54, 1.807) is 0 Å². The van der Waals surface area contributed by atoms with Gasteiger partial charge in [-0.05, 0) is 34.4 Å². The Morgan fingerprint density at radius 2 is 0.917 bits per heavy atom. The van der Waals surface area contributed by atoms with Gasteiger partial charge in [0.2, 0.25) is 0 Å². The van der Waals surface area contributed by atoms with Gasteiger partial charge in [-0.25, -0.2) is 0 Å². The Labute approximate surface area is 146 Å². The lowest BCUT2D eigenvalue weighted by molar-refractivity contribution is 0.617. The molecule has 24 heavy (non-hydrogen) atoms. The van der Waals surface area contributed by atoms with Crippen molar-refractivity contribution in [3.8, 4) is 0 Å². The first-order valence-electron chi connectivity index (χ1n) is 8.46. The molecule has 0 heterocycles. The van der Waals surface area contributed by atoms with Crippen molar-refractivity contribution >= 4 is 0 Å². The highest BCUT2D eigenvalue weighted by atomic mass is 14.3. The van der Waals surface area contributed by atoms with E-state index in [2.05, 4.69) is 88.4 Å². The van der Waals surface area contributed by atoms with Gasteiger partial charge < -0.3 is 0 Å². The van der Waals surface area contributed by atoms with Crippen LogP contribution in [0.25, 0.3) is 0 Å². The first-order chi connectivity index (χ1) is 11.4. The van der Waals surface area contributed by atoms with E-state index in [4.69, 9.17) is 0 Å². The van der Waals surface area contributed by atoms with Gasteiger partial charge in [-0.15, -0.1) is 0 Å². The summed E-state index contributed by atoms with van der Waals surface area (Å²) >= 11 is 0. The summed E-state index contributed by atoms with van der Waals surface area (Å²) in [5.74, 6) is 0. The van der Waals surface area contributed by atoms with Crippen molar-refractivity contribution in [2.24, 2.45) is 0 Å². The molecule has 0 spiro atoms.